The van der Waals surface area contributed by atoms with Crippen LogP contribution in [0.3, 0.4) is 0 Å². The summed E-state index contributed by atoms with van der Waals surface area (Å²) in [6.45, 7) is 3.90. The number of rotatable bonds is 7. The van der Waals surface area contributed by atoms with Gasteiger partial charge in [-0.05, 0) is 43.5 Å². The van der Waals surface area contributed by atoms with E-state index in [9.17, 15) is 4.79 Å². The molecule has 0 spiro atoms. The van der Waals surface area contributed by atoms with Gasteiger partial charge in [-0.2, -0.15) is 0 Å². The molecule has 1 aliphatic rings. The van der Waals surface area contributed by atoms with E-state index in [0.717, 1.165) is 46.1 Å². The molecule has 0 bridgehead atoms. The van der Waals surface area contributed by atoms with Gasteiger partial charge in [-0.3, -0.25) is 9.69 Å². The number of nitrogens with zero attached hydrogens (tertiary/aromatic N) is 2. The maximum atomic E-state index is 13.2. The van der Waals surface area contributed by atoms with Crippen molar-refractivity contribution in [1.29, 1.82) is 0 Å². The number of fused-ring (bicyclic) bond motifs is 1. The number of hydrogen-bond donors (Lipinski definition) is 0. The zero-order valence-electron chi connectivity index (χ0n) is 16.0. The standard InChI is InChI=1S/C22H24N2O3S/c1-2-26-17-10-11-19-20(14-17)28-22(23-19)24(15-18-9-6-12-27-18)21(25)13-16-7-4-3-5-8-16/h3-5,7-8,10-11,14,18H,2,6,9,12-13,15H2,1H3. The Kier molecular flexibility index (Phi) is 5.88. The van der Waals surface area contributed by atoms with Gasteiger partial charge >= 0.3 is 0 Å². The van der Waals surface area contributed by atoms with Gasteiger partial charge in [0.1, 0.15) is 5.75 Å². The third-order valence-electron chi connectivity index (χ3n) is 4.80. The molecule has 0 aliphatic carbocycles. The Hall–Kier alpha value is -2.44. The molecule has 3 aromatic rings. The zero-order valence-corrected chi connectivity index (χ0v) is 16.8. The molecule has 6 heteroatoms. The zero-order chi connectivity index (χ0) is 19.3. The topological polar surface area (TPSA) is 51.7 Å². The van der Waals surface area contributed by atoms with Crippen molar-refractivity contribution in [3.8, 4) is 5.75 Å². The smallest absolute Gasteiger partial charge is 0.233 e. The molecule has 1 aromatic heterocycles. The molecule has 4 rings (SSSR count). The van der Waals surface area contributed by atoms with Crippen molar-refractivity contribution in [2.24, 2.45) is 0 Å². The van der Waals surface area contributed by atoms with E-state index >= 15 is 0 Å². The molecule has 0 radical (unpaired) electrons. The highest BCUT2D eigenvalue weighted by molar-refractivity contribution is 7.22. The summed E-state index contributed by atoms with van der Waals surface area (Å²) in [5.74, 6) is 0.872. The van der Waals surface area contributed by atoms with Crippen LogP contribution in [0, 0.1) is 0 Å². The van der Waals surface area contributed by atoms with Crippen LogP contribution in [0.4, 0.5) is 5.13 Å². The van der Waals surface area contributed by atoms with Crippen LogP contribution in [0.25, 0.3) is 10.2 Å². The van der Waals surface area contributed by atoms with Gasteiger partial charge in [-0.25, -0.2) is 4.98 Å². The lowest BCUT2D eigenvalue weighted by molar-refractivity contribution is -0.118. The fourth-order valence-electron chi connectivity index (χ4n) is 3.41. The van der Waals surface area contributed by atoms with Crippen molar-refractivity contribution in [2.75, 3.05) is 24.7 Å². The van der Waals surface area contributed by atoms with Gasteiger partial charge in [-0.15, -0.1) is 0 Å². The fraction of sp³-hybridized carbons (Fsp3) is 0.364. The minimum Gasteiger partial charge on any atom is -0.494 e. The normalized spacial score (nSPS) is 16.4. The predicted octanol–water partition coefficient (Wildman–Crippen LogP) is 4.45. The lowest BCUT2D eigenvalue weighted by atomic mass is 10.1. The average Bonchev–Trinajstić information content (AvgIpc) is 3.36. The summed E-state index contributed by atoms with van der Waals surface area (Å²) in [5, 5.41) is 0.722. The van der Waals surface area contributed by atoms with E-state index in [2.05, 4.69) is 0 Å². The van der Waals surface area contributed by atoms with Gasteiger partial charge in [0.2, 0.25) is 5.91 Å². The summed E-state index contributed by atoms with van der Waals surface area (Å²) in [4.78, 5) is 19.7. The Morgan fingerprint density at radius 1 is 1.29 bits per heavy atom. The number of ether oxygens (including phenoxy) is 2. The molecule has 1 unspecified atom stereocenters. The largest absolute Gasteiger partial charge is 0.494 e. The minimum absolute atomic E-state index is 0.0470. The highest BCUT2D eigenvalue weighted by Gasteiger charge is 2.26. The highest BCUT2D eigenvalue weighted by Crippen LogP contribution is 2.32. The van der Waals surface area contributed by atoms with E-state index in [0.29, 0.717) is 19.6 Å². The molecule has 2 heterocycles. The van der Waals surface area contributed by atoms with Crippen molar-refractivity contribution >= 4 is 32.6 Å². The maximum absolute atomic E-state index is 13.2. The number of hydrogen-bond acceptors (Lipinski definition) is 5. The lowest BCUT2D eigenvalue weighted by Gasteiger charge is -2.23. The van der Waals surface area contributed by atoms with Gasteiger partial charge in [0, 0.05) is 6.61 Å². The average molecular weight is 397 g/mol. The third kappa shape index (κ3) is 4.34. The van der Waals surface area contributed by atoms with Crippen LogP contribution in [0.2, 0.25) is 0 Å². The number of carbonyl (C=O) groups excluding carboxylic acids is 1. The minimum atomic E-state index is 0.0470. The number of thiazole rings is 1. The van der Waals surface area contributed by atoms with E-state index in [4.69, 9.17) is 14.5 Å². The fourth-order valence-corrected chi connectivity index (χ4v) is 4.43. The molecule has 5 nitrogen and oxygen atoms in total. The molecular formula is C22H24N2O3S. The van der Waals surface area contributed by atoms with Crippen LogP contribution in [-0.2, 0) is 16.0 Å². The van der Waals surface area contributed by atoms with E-state index in [-0.39, 0.29) is 12.0 Å². The second-order valence-electron chi connectivity index (χ2n) is 6.86. The van der Waals surface area contributed by atoms with Crippen molar-refractivity contribution in [3.05, 3.63) is 54.1 Å². The lowest BCUT2D eigenvalue weighted by Crippen LogP contribution is -2.38. The van der Waals surface area contributed by atoms with Crippen LogP contribution in [0.5, 0.6) is 5.75 Å². The first-order chi connectivity index (χ1) is 13.7. The number of anilines is 1. The first kappa shape index (κ1) is 18.9. The molecule has 0 N–H and O–H groups in total. The Balaban J connectivity index is 1.61. The van der Waals surface area contributed by atoms with Crippen molar-refractivity contribution in [3.63, 3.8) is 0 Å². The van der Waals surface area contributed by atoms with Gasteiger partial charge in [0.25, 0.3) is 0 Å². The summed E-state index contributed by atoms with van der Waals surface area (Å²) in [6.07, 6.45) is 2.45. The van der Waals surface area contributed by atoms with E-state index in [1.54, 1.807) is 4.90 Å². The van der Waals surface area contributed by atoms with E-state index in [1.165, 1.54) is 11.3 Å². The Labute approximate surface area is 168 Å². The third-order valence-corrected chi connectivity index (χ3v) is 5.84. The van der Waals surface area contributed by atoms with Gasteiger partial charge in [0.05, 0.1) is 35.9 Å². The van der Waals surface area contributed by atoms with Crippen LogP contribution >= 0.6 is 11.3 Å². The Morgan fingerprint density at radius 3 is 2.89 bits per heavy atom. The SMILES string of the molecule is CCOc1ccc2nc(N(CC3CCCO3)C(=O)Cc3ccccc3)sc2c1. The van der Waals surface area contributed by atoms with Crippen molar-refractivity contribution < 1.29 is 14.3 Å². The van der Waals surface area contributed by atoms with Crippen LogP contribution in [0.15, 0.2) is 48.5 Å². The summed E-state index contributed by atoms with van der Waals surface area (Å²) >= 11 is 1.53. The molecule has 1 saturated heterocycles. The summed E-state index contributed by atoms with van der Waals surface area (Å²) in [5.41, 5.74) is 1.89. The number of amides is 1. The van der Waals surface area contributed by atoms with Gasteiger partial charge in [-0.1, -0.05) is 41.7 Å². The van der Waals surface area contributed by atoms with Gasteiger partial charge < -0.3 is 9.47 Å². The first-order valence-electron chi connectivity index (χ1n) is 9.72. The Bertz CT molecular complexity index is 935. The van der Waals surface area contributed by atoms with Gasteiger partial charge in [0.15, 0.2) is 5.13 Å². The molecule has 1 atom stereocenters. The summed E-state index contributed by atoms with van der Waals surface area (Å²) < 4.78 is 12.4. The highest BCUT2D eigenvalue weighted by atomic mass is 32.1. The number of aromatic nitrogens is 1. The summed E-state index contributed by atoms with van der Waals surface area (Å²) in [7, 11) is 0. The molecule has 1 amide bonds. The van der Waals surface area contributed by atoms with Crippen LogP contribution in [-0.4, -0.2) is 36.8 Å². The first-order valence-corrected chi connectivity index (χ1v) is 10.5. The number of carbonyl (C=O) groups is 1. The van der Waals surface area contributed by atoms with Crippen LogP contribution < -0.4 is 9.64 Å². The van der Waals surface area contributed by atoms with Crippen molar-refractivity contribution in [2.45, 2.75) is 32.3 Å². The molecule has 1 fully saturated rings. The monoisotopic (exact) mass is 396 g/mol. The van der Waals surface area contributed by atoms with Crippen molar-refractivity contribution in [1.82, 2.24) is 4.98 Å². The summed E-state index contributed by atoms with van der Waals surface area (Å²) in [6, 6.07) is 15.7. The molecular weight excluding hydrogens is 372 g/mol. The molecule has 146 valence electrons. The molecule has 1 aliphatic heterocycles. The van der Waals surface area contributed by atoms with E-state index in [1.807, 2.05) is 55.5 Å². The predicted molar refractivity (Wildman–Crippen MR) is 112 cm³/mol. The van der Waals surface area contributed by atoms with E-state index < -0.39 is 0 Å². The molecule has 28 heavy (non-hydrogen) atoms. The second kappa shape index (κ2) is 8.71. The Morgan fingerprint density at radius 2 is 2.14 bits per heavy atom. The maximum Gasteiger partial charge on any atom is 0.233 e. The molecule has 0 saturated carbocycles. The second-order valence-corrected chi connectivity index (χ2v) is 7.87. The van der Waals surface area contributed by atoms with Crippen LogP contribution in [0.1, 0.15) is 25.3 Å². The quantitative estimate of drug-likeness (QED) is 0.592. The molecule has 2 aromatic carbocycles. The number of benzene rings is 2.